The molecule has 0 bridgehead atoms. The third-order valence-electron chi connectivity index (χ3n) is 6.52. The van der Waals surface area contributed by atoms with Gasteiger partial charge in [-0.25, -0.2) is 0 Å². The first kappa shape index (κ1) is 17.0. The number of rotatable bonds is 7. The maximum Gasteiger partial charge on any atom is 0.123 e. The van der Waals surface area contributed by atoms with Crippen LogP contribution in [0, 0.1) is 29.6 Å². The van der Waals surface area contributed by atoms with Crippen molar-refractivity contribution in [3.63, 3.8) is 0 Å². The Bertz CT molecular complexity index is 290. The van der Waals surface area contributed by atoms with E-state index in [1.54, 1.807) is 0 Å². The molecule has 0 amide bonds. The largest absolute Gasteiger partial charge is 0.303 e. The smallest absolute Gasteiger partial charge is 0.123 e. The highest BCUT2D eigenvalue weighted by Crippen LogP contribution is 2.36. The highest BCUT2D eigenvalue weighted by atomic mass is 16.1. The van der Waals surface area contributed by atoms with Gasteiger partial charge < -0.3 is 4.79 Å². The molecule has 122 valence electrons. The lowest BCUT2D eigenvalue weighted by molar-refractivity contribution is -0.112. The summed E-state index contributed by atoms with van der Waals surface area (Å²) in [6.45, 7) is 4.88. The number of carbonyl (C=O) groups excluding carboxylic acids is 1. The minimum Gasteiger partial charge on any atom is -0.303 e. The van der Waals surface area contributed by atoms with Gasteiger partial charge in [-0.15, -0.1) is 0 Å². The van der Waals surface area contributed by atoms with Crippen LogP contribution >= 0.6 is 0 Å². The third kappa shape index (κ3) is 5.75. The summed E-state index contributed by atoms with van der Waals surface area (Å²) >= 11 is 0. The summed E-state index contributed by atoms with van der Waals surface area (Å²) in [4.78, 5) is 10.8. The molecule has 0 aromatic rings. The van der Waals surface area contributed by atoms with Crippen LogP contribution in [0.1, 0.15) is 90.9 Å². The molecule has 3 atom stereocenters. The zero-order valence-electron chi connectivity index (χ0n) is 14.4. The molecule has 1 heteroatoms. The van der Waals surface area contributed by atoms with Gasteiger partial charge in [0.2, 0.25) is 0 Å². The minimum atomic E-state index is 0.386. The monoisotopic (exact) mass is 292 g/mol. The van der Waals surface area contributed by atoms with E-state index in [1.807, 2.05) is 0 Å². The molecular formula is C20H36O. The molecule has 0 heterocycles. The lowest BCUT2D eigenvalue weighted by Crippen LogP contribution is -2.20. The number of carbonyl (C=O) groups is 1. The van der Waals surface area contributed by atoms with Gasteiger partial charge in [0.1, 0.15) is 6.29 Å². The van der Waals surface area contributed by atoms with Crippen LogP contribution in [0.4, 0.5) is 0 Å². The van der Waals surface area contributed by atoms with Gasteiger partial charge in [0.05, 0.1) is 0 Å². The summed E-state index contributed by atoms with van der Waals surface area (Å²) in [6, 6.07) is 0. The lowest BCUT2D eigenvalue weighted by atomic mass is 9.74. The van der Waals surface area contributed by atoms with E-state index in [9.17, 15) is 4.79 Å². The molecule has 0 aromatic heterocycles. The van der Waals surface area contributed by atoms with Crippen molar-refractivity contribution in [2.45, 2.75) is 90.9 Å². The van der Waals surface area contributed by atoms with E-state index < -0.39 is 0 Å². The van der Waals surface area contributed by atoms with E-state index in [4.69, 9.17) is 0 Å². The Labute approximate surface area is 132 Å². The summed E-state index contributed by atoms with van der Waals surface area (Å²) in [5.74, 6) is 4.26. The number of unbranched alkanes of at least 4 members (excludes halogenated alkanes) is 2. The maximum absolute atomic E-state index is 10.8. The fraction of sp³-hybridized carbons (Fsp3) is 0.950. The molecule has 0 spiro atoms. The Morgan fingerprint density at radius 2 is 1.38 bits per heavy atom. The molecule has 2 fully saturated rings. The summed E-state index contributed by atoms with van der Waals surface area (Å²) in [6.07, 6.45) is 17.8. The molecule has 1 nitrogen and oxygen atoms in total. The van der Waals surface area contributed by atoms with E-state index in [0.29, 0.717) is 5.92 Å². The van der Waals surface area contributed by atoms with E-state index in [-0.39, 0.29) is 0 Å². The van der Waals surface area contributed by atoms with Crippen LogP contribution in [0.5, 0.6) is 0 Å². The highest BCUT2D eigenvalue weighted by molar-refractivity contribution is 5.53. The highest BCUT2D eigenvalue weighted by Gasteiger charge is 2.24. The van der Waals surface area contributed by atoms with Crippen molar-refractivity contribution in [1.82, 2.24) is 0 Å². The summed E-state index contributed by atoms with van der Waals surface area (Å²) in [5, 5.41) is 0. The Kier molecular flexibility index (Phi) is 7.26. The first-order valence-corrected chi connectivity index (χ1v) is 9.64. The Morgan fingerprint density at radius 1 is 0.762 bits per heavy atom. The molecule has 0 N–H and O–H groups in total. The molecule has 0 saturated heterocycles. The Balaban J connectivity index is 1.48. The normalized spacial score (nSPS) is 37.3. The third-order valence-corrected chi connectivity index (χ3v) is 6.52. The molecule has 3 unspecified atom stereocenters. The molecule has 2 saturated carbocycles. The van der Waals surface area contributed by atoms with Crippen LogP contribution < -0.4 is 0 Å². The van der Waals surface area contributed by atoms with Crippen molar-refractivity contribution >= 4 is 6.29 Å². The van der Waals surface area contributed by atoms with Crippen LogP contribution in [-0.2, 0) is 4.79 Å². The molecule has 0 aromatic carbocycles. The number of hydrogen-bond donors (Lipinski definition) is 0. The molecule has 0 aliphatic heterocycles. The van der Waals surface area contributed by atoms with Crippen molar-refractivity contribution < 1.29 is 4.79 Å². The van der Waals surface area contributed by atoms with Gasteiger partial charge in [-0.05, 0) is 55.8 Å². The topological polar surface area (TPSA) is 17.1 Å². The molecule has 0 radical (unpaired) electrons. The minimum absolute atomic E-state index is 0.386. The van der Waals surface area contributed by atoms with Crippen LogP contribution in [-0.4, -0.2) is 6.29 Å². The quantitative estimate of drug-likeness (QED) is 0.414. The Hall–Kier alpha value is -0.330. The molecule has 2 rings (SSSR count). The van der Waals surface area contributed by atoms with Gasteiger partial charge >= 0.3 is 0 Å². The van der Waals surface area contributed by atoms with E-state index in [1.165, 1.54) is 70.5 Å². The summed E-state index contributed by atoms with van der Waals surface area (Å²) < 4.78 is 0. The summed E-state index contributed by atoms with van der Waals surface area (Å²) in [7, 11) is 0. The molecular weight excluding hydrogens is 256 g/mol. The fourth-order valence-electron chi connectivity index (χ4n) is 4.58. The Morgan fingerprint density at radius 3 is 2.00 bits per heavy atom. The van der Waals surface area contributed by atoms with Crippen molar-refractivity contribution in [2.75, 3.05) is 0 Å². The van der Waals surface area contributed by atoms with Gasteiger partial charge in [0.15, 0.2) is 0 Å². The van der Waals surface area contributed by atoms with E-state index in [2.05, 4.69) is 13.8 Å². The lowest BCUT2D eigenvalue weighted by Gasteiger charge is -2.32. The van der Waals surface area contributed by atoms with E-state index >= 15 is 0 Å². The first-order valence-electron chi connectivity index (χ1n) is 9.64. The second kappa shape index (κ2) is 8.96. The van der Waals surface area contributed by atoms with Crippen LogP contribution in [0.25, 0.3) is 0 Å². The van der Waals surface area contributed by atoms with Gasteiger partial charge in [0.25, 0.3) is 0 Å². The zero-order chi connectivity index (χ0) is 15.1. The second-order valence-electron chi connectivity index (χ2n) is 8.19. The van der Waals surface area contributed by atoms with Crippen molar-refractivity contribution in [3.8, 4) is 0 Å². The predicted molar refractivity (Wildman–Crippen MR) is 90.3 cm³/mol. The van der Waals surface area contributed by atoms with Crippen molar-refractivity contribution in [3.05, 3.63) is 0 Å². The fourth-order valence-corrected chi connectivity index (χ4v) is 4.58. The van der Waals surface area contributed by atoms with Gasteiger partial charge in [-0.3, -0.25) is 0 Å². The molecule has 2 aliphatic carbocycles. The average Bonchev–Trinajstić information content (AvgIpc) is 2.51. The zero-order valence-corrected chi connectivity index (χ0v) is 14.4. The SMILES string of the molecule is CC1CCC(CCCCCC2CCC(C=O)CC2)CC1C. The van der Waals surface area contributed by atoms with Crippen LogP contribution in [0.15, 0.2) is 0 Å². The van der Waals surface area contributed by atoms with Gasteiger partial charge in [-0.1, -0.05) is 58.8 Å². The first-order chi connectivity index (χ1) is 10.2. The maximum atomic E-state index is 10.8. The number of aldehydes is 1. The van der Waals surface area contributed by atoms with Crippen LogP contribution in [0.3, 0.4) is 0 Å². The van der Waals surface area contributed by atoms with Gasteiger partial charge in [-0.2, -0.15) is 0 Å². The number of hydrogen-bond acceptors (Lipinski definition) is 1. The standard InChI is InChI=1S/C20H36O/c1-16-8-9-19(14-17(16)2)7-5-3-4-6-18-10-12-20(15-21)13-11-18/h15-20H,3-14H2,1-2H3. The van der Waals surface area contributed by atoms with Crippen molar-refractivity contribution in [2.24, 2.45) is 29.6 Å². The van der Waals surface area contributed by atoms with E-state index in [0.717, 1.165) is 36.5 Å². The molecule has 2 aliphatic rings. The van der Waals surface area contributed by atoms with Crippen LogP contribution in [0.2, 0.25) is 0 Å². The van der Waals surface area contributed by atoms with Crippen molar-refractivity contribution in [1.29, 1.82) is 0 Å². The average molecular weight is 293 g/mol. The second-order valence-corrected chi connectivity index (χ2v) is 8.19. The van der Waals surface area contributed by atoms with Gasteiger partial charge in [0, 0.05) is 5.92 Å². The molecule has 21 heavy (non-hydrogen) atoms. The summed E-state index contributed by atoms with van der Waals surface area (Å²) in [5.41, 5.74) is 0. The predicted octanol–water partition coefficient (Wildman–Crippen LogP) is 6.01.